The first-order valence-electron chi connectivity index (χ1n) is 12.3. The van der Waals surface area contributed by atoms with Crippen LogP contribution in [0.5, 0.6) is 5.75 Å². The summed E-state index contributed by atoms with van der Waals surface area (Å²) in [5.41, 5.74) is 1.59. The van der Waals surface area contributed by atoms with Gasteiger partial charge in [0.05, 0.1) is 5.02 Å². The molecule has 1 atom stereocenters. The van der Waals surface area contributed by atoms with Crippen LogP contribution in [0.2, 0.25) is 5.02 Å². The van der Waals surface area contributed by atoms with E-state index in [1.54, 1.807) is 36.4 Å². The minimum atomic E-state index is -0.818. The van der Waals surface area contributed by atoms with Crippen molar-refractivity contribution in [2.45, 2.75) is 32.4 Å². The number of carbonyl (C=O) groups is 2. The van der Waals surface area contributed by atoms with E-state index >= 15 is 0 Å². The van der Waals surface area contributed by atoms with Gasteiger partial charge in [-0.05, 0) is 48.7 Å². The molecule has 0 saturated carbocycles. The minimum absolute atomic E-state index is 0.106. The van der Waals surface area contributed by atoms with Crippen LogP contribution in [0.15, 0.2) is 78.9 Å². The Morgan fingerprint density at radius 1 is 0.973 bits per heavy atom. The van der Waals surface area contributed by atoms with Gasteiger partial charge < -0.3 is 19.7 Å². The summed E-state index contributed by atoms with van der Waals surface area (Å²) in [6.07, 6.45) is 0.955. The molecule has 0 saturated heterocycles. The first kappa shape index (κ1) is 28.2. The summed E-state index contributed by atoms with van der Waals surface area (Å²) in [4.78, 5) is 28.4. The molecule has 0 fully saturated rings. The van der Waals surface area contributed by atoms with Crippen molar-refractivity contribution in [3.63, 3.8) is 0 Å². The number of amides is 2. The van der Waals surface area contributed by atoms with Crippen LogP contribution < -0.4 is 10.1 Å². The number of hydrogen-bond donors (Lipinski definition) is 1. The maximum atomic E-state index is 13.5. The fraction of sp³-hybridized carbons (Fsp3) is 0.310. The van der Waals surface area contributed by atoms with Crippen molar-refractivity contribution in [3.05, 3.63) is 101 Å². The van der Waals surface area contributed by atoms with Crippen molar-refractivity contribution in [1.82, 2.24) is 10.2 Å². The second kappa shape index (κ2) is 15.0. The molecule has 0 bridgehead atoms. The molecule has 2 amide bonds. The lowest BCUT2D eigenvalue weighted by atomic mass is 10.0. The quantitative estimate of drug-likeness (QED) is 0.299. The highest BCUT2D eigenvalue weighted by atomic mass is 35.5. The van der Waals surface area contributed by atoms with Gasteiger partial charge in [-0.2, -0.15) is 0 Å². The predicted octanol–water partition coefficient (Wildman–Crippen LogP) is 5.04. The van der Waals surface area contributed by atoms with E-state index in [-0.39, 0.29) is 24.9 Å². The number of hydrogen-bond acceptors (Lipinski definition) is 4. The number of nitrogens with zero attached hydrogens (tertiary/aromatic N) is 1. The van der Waals surface area contributed by atoms with E-state index in [9.17, 15) is 14.0 Å². The fourth-order valence-electron chi connectivity index (χ4n) is 3.77. The Kier molecular flexibility index (Phi) is 11.4. The Morgan fingerprint density at radius 2 is 1.68 bits per heavy atom. The van der Waals surface area contributed by atoms with Crippen molar-refractivity contribution in [2.75, 3.05) is 26.4 Å². The topological polar surface area (TPSA) is 67.9 Å². The van der Waals surface area contributed by atoms with Gasteiger partial charge in [0.1, 0.15) is 17.6 Å². The van der Waals surface area contributed by atoms with Crippen molar-refractivity contribution >= 4 is 23.4 Å². The Labute approximate surface area is 222 Å². The second-order valence-electron chi connectivity index (χ2n) is 8.41. The standard InChI is InChI=1S/C29H32ClFN2O4/c1-2-36-18-8-17-32-29(35)26(19-22-9-4-3-5-10-22)33(20-23-13-15-24(31)16-14-23)28(34)21-37-27-12-7-6-11-25(27)30/h3-7,9-16,26H,2,8,17-21H2,1H3,(H,32,35)/t26-/m0/s1. The van der Waals surface area contributed by atoms with E-state index in [1.807, 2.05) is 37.3 Å². The number of carbonyl (C=O) groups excluding carboxylic acids is 2. The number of ether oxygens (including phenoxy) is 2. The summed E-state index contributed by atoms with van der Waals surface area (Å²) in [5.74, 6) is -0.681. The number of nitrogens with one attached hydrogen (secondary N) is 1. The smallest absolute Gasteiger partial charge is 0.261 e. The Morgan fingerprint density at radius 3 is 2.38 bits per heavy atom. The normalized spacial score (nSPS) is 11.5. The van der Waals surface area contributed by atoms with Crippen LogP contribution in [0.1, 0.15) is 24.5 Å². The van der Waals surface area contributed by atoms with Gasteiger partial charge in [0.15, 0.2) is 6.61 Å². The lowest BCUT2D eigenvalue weighted by molar-refractivity contribution is -0.142. The highest BCUT2D eigenvalue weighted by molar-refractivity contribution is 6.32. The van der Waals surface area contributed by atoms with E-state index < -0.39 is 11.9 Å². The third-order valence-corrected chi connectivity index (χ3v) is 6.01. The summed E-state index contributed by atoms with van der Waals surface area (Å²) in [6.45, 7) is 3.26. The zero-order valence-electron chi connectivity index (χ0n) is 20.9. The summed E-state index contributed by atoms with van der Waals surface area (Å²) >= 11 is 6.19. The molecular weight excluding hydrogens is 495 g/mol. The number of benzene rings is 3. The number of rotatable bonds is 14. The average Bonchev–Trinajstić information content (AvgIpc) is 2.91. The van der Waals surface area contributed by atoms with Crippen molar-refractivity contribution in [1.29, 1.82) is 0 Å². The van der Waals surface area contributed by atoms with Gasteiger partial charge in [0.25, 0.3) is 5.91 Å². The maximum Gasteiger partial charge on any atom is 0.261 e. The van der Waals surface area contributed by atoms with Gasteiger partial charge in [0, 0.05) is 32.7 Å². The van der Waals surface area contributed by atoms with E-state index in [0.29, 0.717) is 48.9 Å². The van der Waals surface area contributed by atoms with Crippen molar-refractivity contribution in [2.24, 2.45) is 0 Å². The molecule has 0 unspecified atom stereocenters. The second-order valence-corrected chi connectivity index (χ2v) is 8.82. The Balaban J connectivity index is 1.85. The highest BCUT2D eigenvalue weighted by Crippen LogP contribution is 2.23. The fourth-order valence-corrected chi connectivity index (χ4v) is 3.96. The molecule has 0 aliphatic heterocycles. The van der Waals surface area contributed by atoms with Crippen LogP contribution in [0.25, 0.3) is 0 Å². The van der Waals surface area contributed by atoms with Gasteiger partial charge in [-0.1, -0.05) is 66.2 Å². The Bertz CT molecular complexity index is 1130. The van der Waals surface area contributed by atoms with Crippen molar-refractivity contribution < 1.29 is 23.5 Å². The molecule has 0 aliphatic carbocycles. The monoisotopic (exact) mass is 526 g/mol. The molecule has 6 nitrogen and oxygen atoms in total. The van der Waals surface area contributed by atoms with Gasteiger partial charge in [-0.15, -0.1) is 0 Å². The van der Waals surface area contributed by atoms with Crippen LogP contribution in [-0.4, -0.2) is 49.1 Å². The predicted molar refractivity (Wildman–Crippen MR) is 142 cm³/mol. The molecule has 1 N–H and O–H groups in total. The van der Waals surface area contributed by atoms with Crippen LogP contribution in [0, 0.1) is 5.82 Å². The highest BCUT2D eigenvalue weighted by Gasteiger charge is 2.30. The van der Waals surface area contributed by atoms with E-state index in [1.165, 1.54) is 17.0 Å². The summed E-state index contributed by atoms with van der Waals surface area (Å²) in [6, 6.07) is 21.4. The first-order valence-corrected chi connectivity index (χ1v) is 12.7. The lowest BCUT2D eigenvalue weighted by Crippen LogP contribution is -2.52. The zero-order chi connectivity index (χ0) is 26.5. The van der Waals surface area contributed by atoms with Crippen LogP contribution in [-0.2, 0) is 27.3 Å². The van der Waals surface area contributed by atoms with Gasteiger partial charge in [-0.25, -0.2) is 4.39 Å². The molecule has 0 aliphatic rings. The molecule has 196 valence electrons. The number of halogens is 2. The average molecular weight is 527 g/mol. The molecule has 0 radical (unpaired) electrons. The molecule has 3 aromatic carbocycles. The van der Waals surface area contributed by atoms with Gasteiger partial charge in [-0.3, -0.25) is 9.59 Å². The van der Waals surface area contributed by atoms with Crippen molar-refractivity contribution in [3.8, 4) is 5.75 Å². The minimum Gasteiger partial charge on any atom is -0.482 e. The lowest BCUT2D eigenvalue weighted by Gasteiger charge is -2.31. The molecular formula is C29H32ClFN2O4. The van der Waals surface area contributed by atoms with Gasteiger partial charge in [0.2, 0.25) is 5.91 Å². The number of para-hydroxylation sites is 1. The third-order valence-electron chi connectivity index (χ3n) is 5.69. The van der Waals surface area contributed by atoms with Crippen LogP contribution >= 0.6 is 11.6 Å². The zero-order valence-corrected chi connectivity index (χ0v) is 21.6. The Hall–Kier alpha value is -3.42. The largest absolute Gasteiger partial charge is 0.482 e. The van der Waals surface area contributed by atoms with E-state index in [0.717, 1.165) is 5.56 Å². The van der Waals surface area contributed by atoms with E-state index in [2.05, 4.69) is 5.32 Å². The van der Waals surface area contributed by atoms with Gasteiger partial charge >= 0.3 is 0 Å². The molecule has 3 aromatic rings. The summed E-state index contributed by atoms with van der Waals surface area (Å²) in [7, 11) is 0. The summed E-state index contributed by atoms with van der Waals surface area (Å²) < 4.78 is 24.6. The molecule has 0 aromatic heterocycles. The third kappa shape index (κ3) is 9.19. The summed E-state index contributed by atoms with van der Waals surface area (Å²) in [5, 5.41) is 3.32. The molecule has 8 heteroatoms. The van der Waals surface area contributed by atoms with Crippen LogP contribution in [0.3, 0.4) is 0 Å². The molecule has 37 heavy (non-hydrogen) atoms. The molecule has 0 spiro atoms. The SMILES string of the molecule is CCOCCCNC(=O)[C@H](Cc1ccccc1)N(Cc1ccc(F)cc1)C(=O)COc1ccccc1Cl. The molecule has 3 rings (SSSR count). The maximum absolute atomic E-state index is 13.5. The van der Waals surface area contributed by atoms with E-state index in [4.69, 9.17) is 21.1 Å². The van der Waals surface area contributed by atoms with Crippen LogP contribution in [0.4, 0.5) is 4.39 Å². The first-order chi connectivity index (χ1) is 18.0. The molecule has 0 heterocycles.